The number of hydrogen-bond acceptors (Lipinski definition) is 3. The first-order valence-electron chi connectivity index (χ1n) is 8.59. The third kappa shape index (κ3) is 4.07. The molecule has 1 aliphatic heterocycles. The van der Waals surface area contributed by atoms with Gasteiger partial charge in [-0.3, -0.25) is 4.79 Å². The molecule has 0 aliphatic carbocycles. The Hall–Kier alpha value is -2.20. The number of amides is 1. The summed E-state index contributed by atoms with van der Waals surface area (Å²) < 4.78 is 0. The summed E-state index contributed by atoms with van der Waals surface area (Å²) in [5, 5.41) is 6.36. The summed E-state index contributed by atoms with van der Waals surface area (Å²) in [6.45, 7) is 8.42. The quantitative estimate of drug-likeness (QED) is 0.779. The Bertz CT molecular complexity index is 801. The van der Waals surface area contributed by atoms with Crippen molar-refractivity contribution in [3.63, 3.8) is 0 Å². The SMILES string of the molecule is CCc1ccc(N[C@H]2NC(=O)/C(=C/c3c(C)cc(C)cc3C)S2)cc1. The molecule has 130 valence electrons. The molecule has 0 unspecified atom stereocenters. The fraction of sp³-hybridized carbons (Fsp3) is 0.286. The minimum Gasteiger partial charge on any atom is -0.357 e. The third-order valence-corrected chi connectivity index (χ3v) is 5.43. The van der Waals surface area contributed by atoms with Crippen molar-refractivity contribution in [1.29, 1.82) is 0 Å². The number of anilines is 1. The molecule has 1 atom stereocenters. The number of benzene rings is 2. The summed E-state index contributed by atoms with van der Waals surface area (Å²) in [4.78, 5) is 13.1. The molecule has 1 aliphatic rings. The lowest BCUT2D eigenvalue weighted by molar-refractivity contribution is -0.116. The average molecular weight is 353 g/mol. The summed E-state index contributed by atoms with van der Waals surface area (Å²) in [7, 11) is 0. The molecule has 1 amide bonds. The molecule has 0 spiro atoms. The van der Waals surface area contributed by atoms with E-state index >= 15 is 0 Å². The minimum atomic E-state index is -0.141. The molecule has 4 heteroatoms. The van der Waals surface area contributed by atoms with Crippen molar-refractivity contribution < 1.29 is 4.79 Å². The lowest BCUT2D eigenvalue weighted by Gasteiger charge is -2.13. The highest BCUT2D eigenvalue weighted by Gasteiger charge is 2.27. The summed E-state index contributed by atoms with van der Waals surface area (Å²) in [6, 6.07) is 12.6. The molecule has 3 rings (SSSR count). The van der Waals surface area contributed by atoms with Gasteiger partial charge in [0.1, 0.15) is 0 Å². The van der Waals surface area contributed by atoms with E-state index in [2.05, 4.69) is 74.7 Å². The molecule has 0 saturated carbocycles. The van der Waals surface area contributed by atoms with Crippen LogP contribution in [0.1, 0.15) is 34.7 Å². The average Bonchev–Trinajstić information content (AvgIpc) is 2.91. The van der Waals surface area contributed by atoms with E-state index < -0.39 is 0 Å². The Kier molecular flexibility index (Phi) is 5.19. The Morgan fingerprint density at radius 2 is 1.76 bits per heavy atom. The Labute approximate surface area is 153 Å². The van der Waals surface area contributed by atoms with E-state index in [0.717, 1.165) is 22.6 Å². The van der Waals surface area contributed by atoms with Crippen LogP contribution < -0.4 is 10.6 Å². The van der Waals surface area contributed by atoms with Gasteiger partial charge in [-0.25, -0.2) is 0 Å². The van der Waals surface area contributed by atoms with Crippen molar-refractivity contribution in [2.45, 2.75) is 39.6 Å². The second-order valence-electron chi connectivity index (χ2n) is 6.49. The van der Waals surface area contributed by atoms with Gasteiger partial charge >= 0.3 is 0 Å². The molecular formula is C21H24N2OS. The third-order valence-electron chi connectivity index (χ3n) is 4.40. The Morgan fingerprint density at radius 3 is 2.36 bits per heavy atom. The highest BCUT2D eigenvalue weighted by Crippen LogP contribution is 2.31. The molecule has 2 aromatic carbocycles. The van der Waals surface area contributed by atoms with E-state index in [-0.39, 0.29) is 11.4 Å². The topological polar surface area (TPSA) is 41.1 Å². The van der Waals surface area contributed by atoms with Crippen LogP contribution in [-0.4, -0.2) is 11.4 Å². The van der Waals surface area contributed by atoms with Gasteiger partial charge in [-0.1, -0.05) is 48.5 Å². The highest BCUT2D eigenvalue weighted by atomic mass is 32.2. The van der Waals surface area contributed by atoms with Crippen LogP contribution >= 0.6 is 11.8 Å². The van der Waals surface area contributed by atoms with Gasteiger partial charge in [0, 0.05) is 5.69 Å². The zero-order valence-corrected chi connectivity index (χ0v) is 16.0. The highest BCUT2D eigenvalue weighted by molar-refractivity contribution is 8.05. The summed E-state index contributed by atoms with van der Waals surface area (Å²) in [5.41, 5.74) is 6.96. The zero-order chi connectivity index (χ0) is 18.0. The Morgan fingerprint density at radius 1 is 1.12 bits per heavy atom. The second-order valence-corrected chi connectivity index (χ2v) is 7.63. The van der Waals surface area contributed by atoms with E-state index in [1.165, 1.54) is 34.0 Å². The maximum absolute atomic E-state index is 12.3. The number of carbonyl (C=O) groups excluding carboxylic acids is 1. The number of thioether (sulfide) groups is 1. The van der Waals surface area contributed by atoms with Crippen LogP contribution in [0.2, 0.25) is 0 Å². The molecule has 1 heterocycles. The number of hydrogen-bond donors (Lipinski definition) is 2. The fourth-order valence-corrected chi connectivity index (χ4v) is 4.07. The van der Waals surface area contributed by atoms with Gasteiger partial charge in [0.05, 0.1) is 4.91 Å². The molecule has 1 saturated heterocycles. The molecular weight excluding hydrogens is 328 g/mol. The first kappa shape index (κ1) is 17.6. The van der Waals surface area contributed by atoms with E-state index in [9.17, 15) is 4.79 Å². The number of aryl methyl sites for hydroxylation is 4. The molecule has 2 N–H and O–H groups in total. The van der Waals surface area contributed by atoms with E-state index in [1.807, 2.05) is 6.08 Å². The lowest BCUT2D eigenvalue weighted by Crippen LogP contribution is -2.30. The minimum absolute atomic E-state index is 0.0212. The lowest BCUT2D eigenvalue weighted by atomic mass is 9.99. The van der Waals surface area contributed by atoms with Crippen LogP contribution in [-0.2, 0) is 11.2 Å². The first-order valence-corrected chi connectivity index (χ1v) is 9.47. The smallest absolute Gasteiger partial charge is 0.260 e. The number of carbonyl (C=O) groups is 1. The van der Waals surface area contributed by atoms with Gasteiger partial charge in [-0.15, -0.1) is 0 Å². The maximum atomic E-state index is 12.3. The van der Waals surface area contributed by atoms with Gasteiger partial charge in [-0.05, 0) is 67.7 Å². The molecule has 2 aromatic rings. The van der Waals surface area contributed by atoms with Gasteiger partial charge in [-0.2, -0.15) is 0 Å². The normalized spacial score (nSPS) is 18.5. The van der Waals surface area contributed by atoms with E-state index in [0.29, 0.717) is 0 Å². The molecule has 0 bridgehead atoms. The monoisotopic (exact) mass is 352 g/mol. The molecule has 3 nitrogen and oxygen atoms in total. The van der Waals surface area contributed by atoms with Gasteiger partial charge in [0.2, 0.25) is 0 Å². The maximum Gasteiger partial charge on any atom is 0.260 e. The standard InChI is InChI=1S/C21H24N2OS/c1-5-16-6-8-17(9-7-16)22-21-23-20(24)19(25-21)12-18-14(3)10-13(2)11-15(18)4/h6-12,21-22H,5H2,1-4H3,(H,23,24)/b19-12-/t21-/m0/s1. The summed E-state index contributed by atoms with van der Waals surface area (Å²) in [5.74, 6) is -0.0212. The van der Waals surface area contributed by atoms with Crippen molar-refractivity contribution in [3.8, 4) is 0 Å². The van der Waals surface area contributed by atoms with Crippen LogP contribution in [0.4, 0.5) is 5.69 Å². The Balaban J connectivity index is 1.76. The van der Waals surface area contributed by atoms with Gasteiger partial charge in [0.15, 0.2) is 5.50 Å². The van der Waals surface area contributed by atoms with E-state index in [4.69, 9.17) is 0 Å². The molecule has 25 heavy (non-hydrogen) atoms. The second kappa shape index (κ2) is 7.36. The van der Waals surface area contributed by atoms with Crippen molar-refractivity contribution in [1.82, 2.24) is 5.32 Å². The van der Waals surface area contributed by atoms with Crippen LogP contribution in [0.5, 0.6) is 0 Å². The molecule has 1 fully saturated rings. The summed E-state index contributed by atoms with van der Waals surface area (Å²) in [6.07, 6.45) is 3.03. The van der Waals surface area contributed by atoms with Crippen LogP contribution in [0.3, 0.4) is 0 Å². The predicted molar refractivity (Wildman–Crippen MR) is 108 cm³/mol. The zero-order valence-electron chi connectivity index (χ0n) is 15.1. The van der Waals surface area contributed by atoms with Crippen molar-refractivity contribution in [2.24, 2.45) is 0 Å². The van der Waals surface area contributed by atoms with Gasteiger partial charge in [0.25, 0.3) is 5.91 Å². The fourth-order valence-electron chi connectivity index (χ4n) is 3.10. The number of nitrogens with one attached hydrogen (secondary N) is 2. The van der Waals surface area contributed by atoms with Crippen molar-refractivity contribution in [2.75, 3.05) is 5.32 Å². The van der Waals surface area contributed by atoms with Crippen molar-refractivity contribution in [3.05, 3.63) is 69.1 Å². The predicted octanol–water partition coefficient (Wildman–Crippen LogP) is 4.77. The first-order chi connectivity index (χ1) is 12.0. The van der Waals surface area contributed by atoms with Crippen LogP contribution in [0, 0.1) is 20.8 Å². The summed E-state index contributed by atoms with van der Waals surface area (Å²) >= 11 is 1.53. The van der Waals surface area contributed by atoms with Crippen LogP contribution in [0.25, 0.3) is 6.08 Å². The van der Waals surface area contributed by atoms with E-state index in [1.54, 1.807) is 0 Å². The number of rotatable bonds is 4. The molecule has 0 radical (unpaired) electrons. The largest absolute Gasteiger partial charge is 0.357 e. The molecule has 0 aromatic heterocycles. The van der Waals surface area contributed by atoms with Crippen LogP contribution in [0.15, 0.2) is 41.3 Å². The van der Waals surface area contributed by atoms with Gasteiger partial charge < -0.3 is 10.6 Å². The van der Waals surface area contributed by atoms with Crippen molar-refractivity contribution >= 4 is 29.4 Å².